The highest BCUT2D eigenvalue weighted by Gasteiger charge is 2.16. The molecule has 3 heterocycles. The van der Waals surface area contributed by atoms with Crippen LogP contribution in [-0.2, 0) is 0 Å². The fourth-order valence-corrected chi connectivity index (χ4v) is 2.17. The van der Waals surface area contributed by atoms with Gasteiger partial charge in [0.05, 0.1) is 5.69 Å². The van der Waals surface area contributed by atoms with Gasteiger partial charge >= 0.3 is 0 Å². The Morgan fingerprint density at radius 1 is 1.38 bits per heavy atom. The fourth-order valence-electron chi connectivity index (χ4n) is 2.17. The van der Waals surface area contributed by atoms with Crippen molar-refractivity contribution in [3.63, 3.8) is 0 Å². The molecule has 0 bridgehead atoms. The van der Waals surface area contributed by atoms with Crippen LogP contribution < -0.4 is 4.90 Å². The van der Waals surface area contributed by atoms with Crippen molar-refractivity contribution in [3.8, 4) is 6.07 Å². The van der Waals surface area contributed by atoms with Crippen molar-refractivity contribution >= 4 is 16.9 Å². The highest BCUT2D eigenvalue weighted by molar-refractivity contribution is 5.86. The quantitative estimate of drug-likeness (QED) is 0.778. The summed E-state index contributed by atoms with van der Waals surface area (Å²) in [5, 5.41) is 8.81. The lowest BCUT2D eigenvalue weighted by molar-refractivity contribution is 0.949. The van der Waals surface area contributed by atoms with Gasteiger partial charge in [-0.3, -0.25) is 0 Å². The van der Waals surface area contributed by atoms with E-state index in [1.807, 2.05) is 12.1 Å². The van der Waals surface area contributed by atoms with E-state index in [0.717, 1.165) is 24.3 Å². The van der Waals surface area contributed by atoms with Gasteiger partial charge in [-0.2, -0.15) is 10.2 Å². The van der Waals surface area contributed by atoms with E-state index in [2.05, 4.69) is 19.9 Å². The Balaban J connectivity index is 2.16. The summed E-state index contributed by atoms with van der Waals surface area (Å²) in [4.78, 5) is 13.6. The first kappa shape index (κ1) is 9.16. The molecule has 3 rings (SSSR count). The second kappa shape index (κ2) is 3.49. The average Bonchev–Trinajstić information content (AvgIpc) is 2.97. The SMILES string of the molecule is N#Cc1nc2nccc(N3CCCC3)c2[nH]1. The van der Waals surface area contributed by atoms with Gasteiger partial charge in [-0.25, -0.2) is 4.98 Å². The van der Waals surface area contributed by atoms with E-state index in [0.29, 0.717) is 11.5 Å². The fraction of sp³-hybridized carbons (Fsp3) is 0.364. The molecule has 1 saturated heterocycles. The number of imidazole rings is 1. The summed E-state index contributed by atoms with van der Waals surface area (Å²) >= 11 is 0. The van der Waals surface area contributed by atoms with Gasteiger partial charge in [0.2, 0.25) is 5.82 Å². The van der Waals surface area contributed by atoms with Crippen molar-refractivity contribution in [2.24, 2.45) is 0 Å². The van der Waals surface area contributed by atoms with E-state index >= 15 is 0 Å². The highest BCUT2D eigenvalue weighted by Crippen LogP contribution is 2.26. The predicted octanol–water partition coefficient (Wildman–Crippen LogP) is 1.43. The Bertz CT molecular complexity index is 559. The van der Waals surface area contributed by atoms with Crippen molar-refractivity contribution in [3.05, 3.63) is 18.1 Å². The number of pyridine rings is 1. The van der Waals surface area contributed by atoms with Gasteiger partial charge in [0.15, 0.2) is 5.65 Å². The van der Waals surface area contributed by atoms with E-state index < -0.39 is 0 Å². The lowest BCUT2D eigenvalue weighted by atomic mass is 10.3. The number of aromatic amines is 1. The molecule has 1 aliphatic rings. The lowest BCUT2D eigenvalue weighted by Gasteiger charge is -2.17. The topological polar surface area (TPSA) is 68.6 Å². The minimum atomic E-state index is 0.328. The van der Waals surface area contributed by atoms with Crippen molar-refractivity contribution < 1.29 is 0 Å². The number of nitriles is 1. The smallest absolute Gasteiger partial charge is 0.212 e. The monoisotopic (exact) mass is 213 g/mol. The zero-order valence-corrected chi connectivity index (χ0v) is 8.77. The molecule has 1 aliphatic heterocycles. The zero-order chi connectivity index (χ0) is 11.0. The Kier molecular flexibility index (Phi) is 2.00. The minimum absolute atomic E-state index is 0.328. The number of rotatable bonds is 1. The third-order valence-corrected chi connectivity index (χ3v) is 2.92. The van der Waals surface area contributed by atoms with Crippen LogP contribution in [0.25, 0.3) is 11.2 Å². The zero-order valence-electron chi connectivity index (χ0n) is 8.77. The molecule has 16 heavy (non-hydrogen) atoms. The average molecular weight is 213 g/mol. The molecule has 0 amide bonds. The van der Waals surface area contributed by atoms with Crippen LogP contribution in [-0.4, -0.2) is 28.0 Å². The maximum Gasteiger partial charge on any atom is 0.212 e. The van der Waals surface area contributed by atoms with Crippen LogP contribution in [0, 0.1) is 11.3 Å². The first-order valence-corrected chi connectivity index (χ1v) is 5.38. The molecule has 0 saturated carbocycles. The number of aromatic nitrogens is 3. The van der Waals surface area contributed by atoms with Crippen molar-refractivity contribution in [2.75, 3.05) is 18.0 Å². The summed E-state index contributed by atoms with van der Waals surface area (Å²) < 4.78 is 0. The van der Waals surface area contributed by atoms with Gasteiger partial charge in [0.25, 0.3) is 0 Å². The summed E-state index contributed by atoms with van der Waals surface area (Å²) in [6.07, 6.45) is 4.20. The Morgan fingerprint density at radius 3 is 2.94 bits per heavy atom. The van der Waals surface area contributed by atoms with Crippen LogP contribution in [0.5, 0.6) is 0 Å². The molecule has 0 unspecified atom stereocenters. The third kappa shape index (κ3) is 1.31. The van der Waals surface area contributed by atoms with Crippen LogP contribution in [0.2, 0.25) is 0 Å². The normalized spacial score (nSPS) is 15.6. The van der Waals surface area contributed by atoms with E-state index in [9.17, 15) is 0 Å². The van der Waals surface area contributed by atoms with Crippen LogP contribution in [0.1, 0.15) is 18.7 Å². The molecular weight excluding hydrogens is 202 g/mol. The number of nitrogens with zero attached hydrogens (tertiary/aromatic N) is 4. The summed E-state index contributed by atoms with van der Waals surface area (Å²) in [5.74, 6) is 0.328. The third-order valence-electron chi connectivity index (χ3n) is 2.92. The molecule has 5 nitrogen and oxygen atoms in total. The highest BCUT2D eigenvalue weighted by atomic mass is 15.2. The van der Waals surface area contributed by atoms with Crippen LogP contribution >= 0.6 is 0 Å². The Morgan fingerprint density at radius 2 is 2.19 bits per heavy atom. The second-order valence-corrected chi connectivity index (χ2v) is 3.92. The molecule has 5 heteroatoms. The number of fused-ring (bicyclic) bond motifs is 1. The maximum atomic E-state index is 8.81. The van der Waals surface area contributed by atoms with E-state index in [1.165, 1.54) is 12.8 Å². The summed E-state index contributed by atoms with van der Waals surface area (Å²) in [5.41, 5.74) is 2.61. The molecule has 2 aromatic rings. The lowest BCUT2D eigenvalue weighted by Crippen LogP contribution is -2.17. The molecule has 0 spiro atoms. The van der Waals surface area contributed by atoms with Crippen LogP contribution in [0.15, 0.2) is 12.3 Å². The molecule has 0 aromatic carbocycles. The van der Waals surface area contributed by atoms with E-state index in [-0.39, 0.29) is 0 Å². The number of nitrogens with one attached hydrogen (secondary N) is 1. The molecule has 1 N–H and O–H groups in total. The van der Waals surface area contributed by atoms with Gasteiger partial charge in [-0.15, -0.1) is 0 Å². The van der Waals surface area contributed by atoms with Gasteiger partial charge < -0.3 is 9.88 Å². The molecule has 0 atom stereocenters. The Hall–Kier alpha value is -2.09. The second-order valence-electron chi connectivity index (χ2n) is 3.92. The molecule has 2 aromatic heterocycles. The number of hydrogen-bond donors (Lipinski definition) is 1. The van der Waals surface area contributed by atoms with E-state index in [4.69, 9.17) is 5.26 Å². The number of hydrogen-bond acceptors (Lipinski definition) is 4. The van der Waals surface area contributed by atoms with Gasteiger partial charge in [-0.05, 0) is 18.9 Å². The van der Waals surface area contributed by atoms with Crippen LogP contribution in [0.4, 0.5) is 5.69 Å². The number of H-pyrrole nitrogens is 1. The minimum Gasteiger partial charge on any atom is -0.370 e. The number of anilines is 1. The summed E-state index contributed by atoms with van der Waals surface area (Å²) in [6, 6.07) is 3.99. The summed E-state index contributed by atoms with van der Waals surface area (Å²) in [6.45, 7) is 2.14. The van der Waals surface area contributed by atoms with Crippen molar-refractivity contribution in [2.45, 2.75) is 12.8 Å². The van der Waals surface area contributed by atoms with Crippen molar-refractivity contribution in [1.82, 2.24) is 15.0 Å². The van der Waals surface area contributed by atoms with Gasteiger partial charge in [-0.1, -0.05) is 0 Å². The van der Waals surface area contributed by atoms with Crippen molar-refractivity contribution in [1.29, 1.82) is 5.26 Å². The van der Waals surface area contributed by atoms with Gasteiger partial charge in [0.1, 0.15) is 11.6 Å². The maximum absolute atomic E-state index is 8.81. The molecular formula is C11H11N5. The van der Waals surface area contributed by atoms with Gasteiger partial charge in [0, 0.05) is 19.3 Å². The first-order chi connectivity index (χ1) is 7.88. The predicted molar refractivity (Wildman–Crippen MR) is 60.1 cm³/mol. The standard InChI is InChI=1S/C11H11N5/c12-7-9-14-10-8(16-5-1-2-6-16)3-4-13-11(10)15-9/h3-4H,1-2,5-6H2,(H,13,14,15). The molecule has 0 aliphatic carbocycles. The van der Waals surface area contributed by atoms with E-state index in [1.54, 1.807) is 6.20 Å². The molecule has 1 fully saturated rings. The molecule has 80 valence electrons. The molecule has 0 radical (unpaired) electrons. The summed E-state index contributed by atoms with van der Waals surface area (Å²) in [7, 11) is 0. The Labute approximate surface area is 92.7 Å². The first-order valence-electron chi connectivity index (χ1n) is 5.38. The largest absolute Gasteiger partial charge is 0.370 e. The van der Waals surface area contributed by atoms with Crippen LogP contribution in [0.3, 0.4) is 0 Å².